The molecule has 0 aromatic heterocycles. The van der Waals surface area contributed by atoms with E-state index in [1.54, 1.807) is 55.5 Å². The molecule has 2 aromatic carbocycles. The molecule has 0 saturated heterocycles. The Hall–Kier alpha value is -1.78. The molecule has 0 unspecified atom stereocenters. The van der Waals surface area contributed by atoms with Gasteiger partial charge in [-0.25, -0.2) is 0 Å². The lowest BCUT2D eigenvalue weighted by atomic mass is 10.0. The SMILES string of the molecule is C=N/C(=C\C=C(/C)Cl)[C@@H](NC(=O)c1ccc(C)c(Cl)c1)c1ccc(Cl)c(Cl)c1. The minimum absolute atomic E-state index is 0.320. The molecule has 0 bridgehead atoms. The van der Waals surface area contributed by atoms with Crippen molar-refractivity contribution in [3.05, 3.63) is 91.0 Å². The topological polar surface area (TPSA) is 41.5 Å². The number of carbonyl (C=O) groups is 1. The largest absolute Gasteiger partial charge is 0.340 e. The van der Waals surface area contributed by atoms with Crippen LogP contribution >= 0.6 is 46.4 Å². The maximum Gasteiger partial charge on any atom is 0.252 e. The van der Waals surface area contributed by atoms with E-state index in [9.17, 15) is 4.79 Å². The van der Waals surface area contributed by atoms with Crippen molar-refractivity contribution in [3.8, 4) is 0 Å². The van der Waals surface area contributed by atoms with Gasteiger partial charge in [-0.3, -0.25) is 9.79 Å². The Morgan fingerprint density at radius 1 is 1.07 bits per heavy atom. The van der Waals surface area contributed by atoms with Crippen LogP contribution in [0.4, 0.5) is 0 Å². The van der Waals surface area contributed by atoms with Crippen molar-refractivity contribution >= 4 is 59.0 Å². The average Bonchev–Trinajstić information content (AvgIpc) is 2.65. The lowest BCUT2D eigenvalue weighted by Crippen LogP contribution is -2.29. The standard InChI is InChI=1S/C21H18Cl4N2O/c1-12-4-6-15(11-17(12)24)21(28)27-20(19(26-3)9-5-13(2)22)14-7-8-16(23)18(25)10-14/h4-11,20H,3H2,1-2H3,(H,27,28)/b13-5+,19-9-/t20-/m0/s1. The highest BCUT2D eigenvalue weighted by Crippen LogP contribution is 2.30. The van der Waals surface area contributed by atoms with Crippen LogP contribution in [0.15, 0.2) is 64.3 Å². The molecule has 0 aliphatic carbocycles. The smallest absolute Gasteiger partial charge is 0.252 e. The first-order valence-corrected chi connectivity index (χ1v) is 9.76. The minimum atomic E-state index is -0.618. The second-order valence-corrected chi connectivity index (χ2v) is 7.86. The van der Waals surface area contributed by atoms with Crippen LogP contribution < -0.4 is 5.32 Å². The molecule has 1 N–H and O–H groups in total. The number of hydrogen-bond acceptors (Lipinski definition) is 2. The molecular formula is C21H18Cl4N2O. The summed E-state index contributed by atoms with van der Waals surface area (Å²) < 4.78 is 0. The fraction of sp³-hybridized carbons (Fsp3) is 0.143. The van der Waals surface area contributed by atoms with E-state index < -0.39 is 6.04 Å². The molecular weight excluding hydrogens is 438 g/mol. The molecule has 0 aliphatic rings. The lowest BCUT2D eigenvalue weighted by molar-refractivity contribution is 0.0942. The highest BCUT2D eigenvalue weighted by molar-refractivity contribution is 6.42. The van der Waals surface area contributed by atoms with Gasteiger partial charge in [-0.1, -0.05) is 58.5 Å². The number of nitrogens with one attached hydrogen (secondary N) is 1. The summed E-state index contributed by atoms with van der Waals surface area (Å²) in [4.78, 5) is 16.9. The summed E-state index contributed by atoms with van der Waals surface area (Å²) in [5.41, 5.74) is 2.49. The second-order valence-electron chi connectivity index (χ2n) is 6.05. The normalized spacial score (nSPS) is 13.2. The maximum atomic E-state index is 12.8. The van der Waals surface area contributed by atoms with Gasteiger partial charge in [0.1, 0.15) is 0 Å². The molecule has 2 rings (SSSR count). The van der Waals surface area contributed by atoms with Crippen LogP contribution in [0.25, 0.3) is 0 Å². The predicted octanol–water partition coefficient (Wildman–Crippen LogP) is 7.15. The van der Waals surface area contributed by atoms with Gasteiger partial charge in [-0.15, -0.1) is 0 Å². The summed E-state index contributed by atoms with van der Waals surface area (Å²) in [7, 11) is 0. The van der Waals surface area contributed by atoms with Crippen molar-refractivity contribution in [3.63, 3.8) is 0 Å². The Morgan fingerprint density at radius 3 is 2.36 bits per heavy atom. The fourth-order valence-electron chi connectivity index (χ4n) is 2.41. The molecule has 0 radical (unpaired) electrons. The monoisotopic (exact) mass is 454 g/mol. The lowest BCUT2D eigenvalue weighted by Gasteiger charge is -2.20. The number of aryl methyl sites for hydroxylation is 1. The number of allylic oxidation sites excluding steroid dienone is 3. The molecule has 0 spiro atoms. The number of nitrogens with zero attached hydrogens (tertiary/aromatic N) is 1. The first-order valence-electron chi connectivity index (χ1n) is 8.25. The summed E-state index contributed by atoms with van der Waals surface area (Å²) in [6, 6.07) is 9.58. The number of hydrogen-bond donors (Lipinski definition) is 1. The number of carbonyl (C=O) groups excluding carboxylic acids is 1. The first-order chi connectivity index (χ1) is 13.2. The van der Waals surface area contributed by atoms with Gasteiger partial charge in [-0.05, 0) is 68.1 Å². The van der Waals surface area contributed by atoms with E-state index in [2.05, 4.69) is 17.0 Å². The second kappa shape index (κ2) is 10.1. The molecule has 1 amide bonds. The molecule has 0 fully saturated rings. The summed E-state index contributed by atoms with van der Waals surface area (Å²) in [6.07, 6.45) is 3.36. The van der Waals surface area contributed by atoms with Gasteiger partial charge in [0.2, 0.25) is 0 Å². The predicted molar refractivity (Wildman–Crippen MR) is 120 cm³/mol. The van der Waals surface area contributed by atoms with Gasteiger partial charge in [0.05, 0.1) is 21.8 Å². The molecule has 0 saturated carbocycles. The highest BCUT2D eigenvalue weighted by Gasteiger charge is 2.21. The Bertz CT molecular complexity index is 963. The molecule has 2 aromatic rings. The molecule has 0 heterocycles. The molecule has 0 aliphatic heterocycles. The third-order valence-corrected chi connectivity index (χ3v) is 5.22. The number of benzene rings is 2. The van der Waals surface area contributed by atoms with Crippen LogP contribution in [-0.2, 0) is 0 Å². The fourth-order valence-corrected chi connectivity index (χ4v) is 2.96. The third kappa shape index (κ3) is 5.86. The van der Waals surface area contributed by atoms with Crippen LogP contribution in [0.1, 0.15) is 34.5 Å². The van der Waals surface area contributed by atoms with Gasteiger partial charge in [0, 0.05) is 15.6 Å². The third-order valence-electron chi connectivity index (χ3n) is 3.95. The van der Waals surface area contributed by atoms with E-state index in [1.165, 1.54) is 0 Å². The Morgan fingerprint density at radius 2 is 1.79 bits per heavy atom. The van der Waals surface area contributed by atoms with Gasteiger partial charge < -0.3 is 5.32 Å². The number of aliphatic imine (C=N–C) groups is 1. The zero-order chi connectivity index (χ0) is 20.8. The molecule has 3 nitrogen and oxygen atoms in total. The Kier molecular flexibility index (Phi) is 8.14. The van der Waals surface area contributed by atoms with Gasteiger partial charge in [0.25, 0.3) is 5.91 Å². The molecule has 1 atom stereocenters. The van der Waals surface area contributed by atoms with E-state index in [-0.39, 0.29) is 5.91 Å². The van der Waals surface area contributed by atoms with Crippen molar-refractivity contribution in [1.29, 1.82) is 0 Å². The van der Waals surface area contributed by atoms with Crippen molar-refractivity contribution in [1.82, 2.24) is 5.32 Å². The zero-order valence-corrected chi connectivity index (χ0v) is 18.3. The van der Waals surface area contributed by atoms with Crippen LogP contribution in [0.2, 0.25) is 15.1 Å². The van der Waals surface area contributed by atoms with Crippen LogP contribution in [-0.4, -0.2) is 12.6 Å². The molecule has 146 valence electrons. The van der Waals surface area contributed by atoms with Crippen molar-refractivity contribution in [2.45, 2.75) is 19.9 Å². The van der Waals surface area contributed by atoms with Crippen molar-refractivity contribution < 1.29 is 4.79 Å². The molecule has 28 heavy (non-hydrogen) atoms. The average molecular weight is 456 g/mol. The zero-order valence-electron chi connectivity index (χ0n) is 15.3. The maximum absolute atomic E-state index is 12.8. The van der Waals surface area contributed by atoms with Gasteiger partial charge in [0.15, 0.2) is 0 Å². The number of amides is 1. The van der Waals surface area contributed by atoms with Gasteiger partial charge in [-0.2, -0.15) is 0 Å². The van der Waals surface area contributed by atoms with E-state index in [1.807, 2.05) is 6.92 Å². The minimum Gasteiger partial charge on any atom is -0.340 e. The van der Waals surface area contributed by atoms with E-state index in [4.69, 9.17) is 46.4 Å². The Balaban J connectivity index is 2.47. The van der Waals surface area contributed by atoms with Crippen LogP contribution in [0.3, 0.4) is 0 Å². The van der Waals surface area contributed by atoms with Crippen LogP contribution in [0.5, 0.6) is 0 Å². The molecule has 7 heteroatoms. The van der Waals surface area contributed by atoms with E-state index >= 15 is 0 Å². The Labute approximate surface area is 184 Å². The van der Waals surface area contributed by atoms with Gasteiger partial charge >= 0.3 is 0 Å². The highest BCUT2D eigenvalue weighted by atomic mass is 35.5. The first kappa shape index (κ1) is 22.5. The van der Waals surface area contributed by atoms with Crippen molar-refractivity contribution in [2.75, 3.05) is 0 Å². The number of rotatable bonds is 6. The van der Waals surface area contributed by atoms with E-state index in [0.29, 0.717) is 36.9 Å². The quantitative estimate of drug-likeness (QED) is 0.364. The summed E-state index contributed by atoms with van der Waals surface area (Å²) in [6.45, 7) is 7.21. The summed E-state index contributed by atoms with van der Waals surface area (Å²) in [5, 5.41) is 4.79. The van der Waals surface area contributed by atoms with Crippen LogP contribution in [0, 0.1) is 6.92 Å². The van der Waals surface area contributed by atoms with Crippen molar-refractivity contribution in [2.24, 2.45) is 4.99 Å². The summed E-state index contributed by atoms with van der Waals surface area (Å²) >= 11 is 24.3. The summed E-state index contributed by atoms with van der Waals surface area (Å²) in [5.74, 6) is -0.320. The van der Waals surface area contributed by atoms with E-state index in [0.717, 1.165) is 5.56 Å². The number of halogens is 4.